The van der Waals surface area contributed by atoms with Crippen LogP contribution < -0.4 is 5.32 Å². The van der Waals surface area contributed by atoms with Crippen molar-refractivity contribution in [2.24, 2.45) is 5.92 Å². The van der Waals surface area contributed by atoms with Crippen molar-refractivity contribution < 1.29 is 9.90 Å². The predicted molar refractivity (Wildman–Crippen MR) is 54.4 cm³/mol. The summed E-state index contributed by atoms with van der Waals surface area (Å²) in [6.45, 7) is 0.588. The Morgan fingerprint density at radius 1 is 1.57 bits per heavy atom. The van der Waals surface area contributed by atoms with Gasteiger partial charge in [-0.1, -0.05) is 6.42 Å². The minimum atomic E-state index is -0.233. The quantitative estimate of drug-likeness (QED) is 0.648. The van der Waals surface area contributed by atoms with Crippen molar-refractivity contribution in [1.82, 2.24) is 5.32 Å². The first-order chi connectivity index (χ1) is 6.74. The van der Waals surface area contributed by atoms with E-state index >= 15 is 0 Å². The molecule has 1 rings (SSSR count). The van der Waals surface area contributed by atoms with E-state index in [0.717, 1.165) is 19.3 Å². The summed E-state index contributed by atoms with van der Waals surface area (Å²) in [4.78, 5) is 11.2. The lowest BCUT2D eigenvalue weighted by Crippen LogP contribution is -2.32. The van der Waals surface area contributed by atoms with Crippen LogP contribution in [0.3, 0.4) is 0 Å². The molecule has 14 heavy (non-hydrogen) atoms. The molecule has 0 aromatic rings. The van der Waals surface area contributed by atoms with Gasteiger partial charge in [-0.25, -0.2) is 0 Å². The Bertz CT molecular complexity index is 232. The number of carbonyl (C=O) groups is 1. The van der Waals surface area contributed by atoms with E-state index in [-0.39, 0.29) is 17.9 Å². The molecule has 1 amide bonds. The maximum absolute atomic E-state index is 11.2. The van der Waals surface area contributed by atoms with Crippen LogP contribution in [0.1, 0.15) is 32.1 Å². The number of aliphatic hydroxyl groups excluding tert-OH is 1. The summed E-state index contributed by atoms with van der Waals surface area (Å²) in [6, 6.07) is 0. The van der Waals surface area contributed by atoms with Crippen molar-refractivity contribution in [3.63, 3.8) is 0 Å². The molecule has 1 fully saturated rings. The third-order valence-corrected chi connectivity index (χ3v) is 2.68. The largest absolute Gasteiger partial charge is 0.393 e. The highest BCUT2D eigenvalue weighted by atomic mass is 16.3. The summed E-state index contributed by atoms with van der Waals surface area (Å²) >= 11 is 0. The number of nitrogens with one attached hydrogen (secondary N) is 1. The highest BCUT2D eigenvalue weighted by Crippen LogP contribution is 2.24. The summed E-state index contributed by atoms with van der Waals surface area (Å²) in [7, 11) is 0. The van der Waals surface area contributed by atoms with Gasteiger partial charge in [-0.3, -0.25) is 4.79 Å². The lowest BCUT2D eigenvalue weighted by Gasteiger charge is -2.14. The van der Waals surface area contributed by atoms with E-state index in [1.54, 1.807) is 0 Å². The molecule has 0 spiro atoms. The molecule has 0 saturated heterocycles. The second-order valence-electron chi connectivity index (χ2n) is 3.77. The second-order valence-corrected chi connectivity index (χ2v) is 3.77. The molecule has 2 atom stereocenters. The monoisotopic (exact) mass is 195 g/mol. The molecule has 3 nitrogen and oxygen atoms in total. The minimum absolute atomic E-state index is 0.0120. The van der Waals surface area contributed by atoms with Crippen molar-refractivity contribution in [1.29, 1.82) is 0 Å². The van der Waals surface area contributed by atoms with Crippen LogP contribution in [0.2, 0.25) is 0 Å². The van der Waals surface area contributed by atoms with E-state index < -0.39 is 0 Å². The summed E-state index contributed by atoms with van der Waals surface area (Å²) in [5, 5.41) is 12.3. The van der Waals surface area contributed by atoms with E-state index in [1.165, 1.54) is 0 Å². The van der Waals surface area contributed by atoms with Gasteiger partial charge in [0.15, 0.2) is 0 Å². The predicted octanol–water partition coefficient (Wildman–Crippen LogP) is 0.677. The van der Waals surface area contributed by atoms with Gasteiger partial charge in [0.2, 0.25) is 5.91 Å². The Morgan fingerprint density at radius 3 is 2.93 bits per heavy atom. The van der Waals surface area contributed by atoms with Crippen LogP contribution in [0.25, 0.3) is 0 Å². The van der Waals surface area contributed by atoms with E-state index in [2.05, 4.69) is 11.2 Å². The molecule has 0 radical (unpaired) electrons. The van der Waals surface area contributed by atoms with Crippen LogP contribution in [0, 0.1) is 18.3 Å². The fourth-order valence-electron chi connectivity index (χ4n) is 1.77. The molecule has 78 valence electrons. The van der Waals surface area contributed by atoms with Crippen molar-refractivity contribution >= 4 is 5.91 Å². The van der Waals surface area contributed by atoms with Gasteiger partial charge in [0.1, 0.15) is 0 Å². The fraction of sp³-hybridized carbons (Fsp3) is 0.727. The van der Waals surface area contributed by atoms with Crippen LogP contribution in [0.15, 0.2) is 0 Å². The van der Waals surface area contributed by atoms with Crippen molar-refractivity contribution in [3.05, 3.63) is 0 Å². The van der Waals surface area contributed by atoms with Crippen LogP contribution in [0.5, 0.6) is 0 Å². The molecular weight excluding hydrogens is 178 g/mol. The molecule has 1 aliphatic rings. The molecule has 0 heterocycles. The molecule has 0 aromatic carbocycles. The van der Waals surface area contributed by atoms with Gasteiger partial charge in [0.25, 0.3) is 0 Å². The number of carbonyl (C=O) groups excluding carboxylic acids is 1. The van der Waals surface area contributed by atoms with Crippen molar-refractivity contribution in [3.8, 4) is 12.3 Å². The zero-order valence-corrected chi connectivity index (χ0v) is 8.33. The van der Waals surface area contributed by atoms with Crippen LogP contribution in [-0.2, 0) is 4.79 Å². The Morgan fingerprint density at radius 2 is 2.36 bits per heavy atom. The number of rotatable bonds is 4. The molecule has 1 aliphatic carbocycles. The Labute approximate surface area is 84.9 Å². The first kappa shape index (κ1) is 11.1. The van der Waals surface area contributed by atoms with Gasteiger partial charge < -0.3 is 10.4 Å². The Hall–Kier alpha value is -1.01. The average Bonchev–Trinajstić information content (AvgIpc) is 2.58. The molecule has 0 aromatic heterocycles. The van der Waals surface area contributed by atoms with Gasteiger partial charge in [0, 0.05) is 25.3 Å². The Kier molecular flexibility index (Phi) is 4.48. The first-order valence-corrected chi connectivity index (χ1v) is 5.12. The van der Waals surface area contributed by atoms with Gasteiger partial charge >= 0.3 is 0 Å². The third kappa shape index (κ3) is 3.39. The molecule has 1 saturated carbocycles. The molecule has 2 N–H and O–H groups in total. The van der Waals surface area contributed by atoms with Crippen molar-refractivity contribution in [2.75, 3.05) is 6.54 Å². The first-order valence-electron chi connectivity index (χ1n) is 5.12. The standard InChI is InChI=1S/C11H17NO2/c1-2-3-7-11(14)12-8-9-5-4-6-10(9)13/h1,9-10,13H,3-8H2,(H,12,14). The van der Waals surface area contributed by atoms with Gasteiger partial charge in [-0.15, -0.1) is 12.3 Å². The minimum Gasteiger partial charge on any atom is -0.393 e. The Balaban J connectivity index is 2.13. The summed E-state index contributed by atoms with van der Waals surface area (Å²) in [5.74, 6) is 2.65. The van der Waals surface area contributed by atoms with E-state index in [4.69, 9.17) is 6.42 Å². The van der Waals surface area contributed by atoms with E-state index in [9.17, 15) is 9.90 Å². The maximum atomic E-state index is 11.2. The number of aliphatic hydroxyl groups is 1. The van der Waals surface area contributed by atoms with Crippen LogP contribution in [-0.4, -0.2) is 23.7 Å². The fourth-order valence-corrected chi connectivity index (χ4v) is 1.77. The normalized spacial score (nSPS) is 25.7. The lowest BCUT2D eigenvalue weighted by atomic mass is 10.1. The number of hydrogen-bond acceptors (Lipinski definition) is 2. The molecule has 2 unspecified atom stereocenters. The molecule has 0 aliphatic heterocycles. The van der Waals surface area contributed by atoms with Crippen molar-refractivity contribution in [2.45, 2.75) is 38.2 Å². The number of terminal acetylenes is 1. The third-order valence-electron chi connectivity index (χ3n) is 2.68. The SMILES string of the molecule is C#CCCC(=O)NCC1CCCC1O. The summed E-state index contributed by atoms with van der Waals surface area (Å²) in [6.07, 6.45) is 8.63. The van der Waals surface area contributed by atoms with Crippen LogP contribution in [0.4, 0.5) is 0 Å². The smallest absolute Gasteiger partial charge is 0.220 e. The summed E-state index contributed by atoms with van der Waals surface area (Å²) < 4.78 is 0. The van der Waals surface area contributed by atoms with Crippen LogP contribution >= 0.6 is 0 Å². The topological polar surface area (TPSA) is 49.3 Å². The molecule has 3 heteroatoms. The average molecular weight is 195 g/mol. The lowest BCUT2D eigenvalue weighted by molar-refractivity contribution is -0.121. The zero-order valence-electron chi connectivity index (χ0n) is 8.33. The van der Waals surface area contributed by atoms with Gasteiger partial charge in [-0.2, -0.15) is 0 Å². The van der Waals surface area contributed by atoms with E-state index in [1.807, 2.05) is 0 Å². The van der Waals surface area contributed by atoms with E-state index in [0.29, 0.717) is 19.4 Å². The highest BCUT2D eigenvalue weighted by molar-refractivity contribution is 5.76. The number of amides is 1. The second kappa shape index (κ2) is 5.66. The van der Waals surface area contributed by atoms with Gasteiger partial charge in [0.05, 0.1) is 6.10 Å². The molecule has 0 bridgehead atoms. The number of hydrogen-bond donors (Lipinski definition) is 2. The van der Waals surface area contributed by atoms with Gasteiger partial charge in [-0.05, 0) is 12.8 Å². The highest BCUT2D eigenvalue weighted by Gasteiger charge is 2.24. The maximum Gasteiger partial charge on any atom is 0.220 e. The zero-order chi connectivity index (χ0) is 10.4. The summed E-state index contributed by atoms with van der Waals surface area (Å²) in [5.41, 5.74) is 0. The molecular formula is C11H17NO2.